The average Bonchev–Trinajstić information content (AvgIpc) is 3.74. The van der Waals surface area contributed by atoms with E-state index in [0.29, 0.717) is 37.7 Å². The number of H-pyrrole nitrogens is 1. The zero-order valence-electron chi connectivity index (χ0n) is 26.3. The third-order valence-corrected chi connectivity index (χ3v) is 9.21. The Labute approximate surface area is 272 Å². The lowest BCUT2D eigenvalue weighted by Crippen LogP contribution is -2.51. The summed E-state index contributed by atoms with van der Waals surface area (Å²) in [5.74, 6) is 0.782. The van der Waals surface area contributed by atoms with Gasteiger partial charge in [-0.15, -0.1) is 0 Å². The molecule has 0 spiro atoms. The highest BCUT2D eigenvalue weighted by molar-refractivity contribution is 5.99. The van der Waals surface area contributed by atoms with Crippen molar-refractivity contribution in [3.8, 4) is 22.6 Å². The molecule has 2 aliphatic rings. The van der Waals surface area contributed by atoms with E-state index < -0.39 is 0 Å². The molecule has 2 saturated heterocycles. The number of likely N-dealkylation sites (tertiary alicyclic amines) is 1. The van der Waals surface area contributed by atoms with E-state index >= 15 is 0 Å². The molecule has 0 saturated carbocycles. The van der Waals surface area contributed by atoms with Gasteiger partial charge >= 0.3 is 0 Å². The number of amides is 2. The topological polar surface area (TPSA) is 102 Å². The van der Waals surface area contributed by atoms with Gasteiger partial charge in [0.25, 0.3) is 0 Å². The van der Waals surface area contributed by atoms with Crippen LogP contribution in [0.5, 0.6) is 0 Å². The average molecular weight is 633 g/mol. The van der Waals surface area contributed by atoms with Gasteiger partial charge in [-0.05, 0) is 91.7 Å². The highest BCUT2D eigenvalue weighted by Crippen LogP contribution is 2.31. The zero-order valence-corrected chi connectivity index (χ0v) is 26.3. The SMILES string of the molecule is CC(=O)N(C[C@@H]1CCN(CC(=O)N2CCN(c3ccc(-c4ncccn4)cc3)CC2)C1)c1ccc2[nH]nc(-c3ccc(F)cc3)c2c1. The van der Waals surface area contributed by atoms with E-state index in [2.05, 4.69) is 42.1 Å². The molecule has 2 aliphatic heterocycles. The summed E-state index contributed by atoms with van der Waals surface area (Å²) in [6.45, 7) is 7.09. The van der Waals surface area contributed by atoms with Crippen molar-refractivity contribution in [3.63, 3.8) is 0 Å². The molecule has 47 heavy (non-hydrogen) atoms. The van der Waals surface area contributed by atoms with Crippen LogP contribution in [0.25, 0.3) is 33.5 Å². The second kappa shape index (κ2) is 13.3. The summed E-state index contributed by atoms with van der Waals surface area (Å²) >= 11 is 0. The molecule has 1 N–H and O–H groups in total. The normalized spacial score (nSPS) is 16.9. The number of nitrogens with zero attached hydrogens (tertiary/aromatic N) is 7. The second-order valence-corrected chi connectivity index (χ2v) is 12.3. The van der Waals surface area contributed by atoms with Crippen LogP contribution < -0.4 is 9.80 Å². The van der Waals surface area contributed by atoms with Crippen molar-refractivity contribution in [1.82, 2.24) is 30.0 Å². The van der Waals surface area contributed by atoms with Gasteiger partial charge in [0.15, 0.2) is 5.82 Å². The van der Waals surface area contributed by atoms with Gasteiger partial charge in [-0.2, -0.15) is 5.10 Å². The minimum Gasteiger partial charge on any atom is -0.368 e. The van der Waals surface area contributed by atoms with Crippen molar-refractivity contribution in [3.05, 3.63) is 91.0 Å². The van der Waals surface area contributed by atoms with Gasteiger partial charge in [0, 0.05) is 86.5 Å². The Hall–Kier alpha value is -5.16. The van der Waals surface area contributed by atoms with Crippen molar-refractivity contribution in [2.75, 3.05) is 62.2 Å². The summed E-state index contributed by atoms with van der Waals surface area (Å²) in [6.07, 6.45) is 4.41. The lowest BCUT2D eigenvalue weighted by Gasteiger charge is -2.36. The molecule has 10 nitrogen and oxygen atoms in total. The zero-order chi connectivity index (χ0) is 32.3. The Bertz CT molecular complexity index is 1850. The van der Waals surface area contributed by atoms with Crippen LogP contribution in [0.15, 0.2) is 85.2 Å². The van der Waals surface area contributed by atoms with Crippen molar-refractivity contribution in [2.45, 2.75) is 13.3 Å². The van der Waals surface area contributed by atoms with Crippen molar-refractivity contribution < 1.29 is 14.0 Å². The number of rotatable bonds is 8. The number of nitrogens with one attached hydrogen (secondary N) is 1. The van der Waals surface area contributed by atoms with Crippen LogP contribution in [0.3, 0.4) is 0 Å². The van der Waals surface area contributed by atoms with Gasteiger partial charge in [0.1, 0.15) is 5.82 Å². The van der Waals surface area contributed by atoms with Gasteiger partial charge in [0.05, 0.1) is 17.8 Å². The molecule has 0 radical (unpaired) electrons. The molecule has 3 aromatic carbocycles. The Kier molecular flexibility index (Phi) is 8.62. The third kappa shape index (κ3) is 6.71. The molecular weight excluding hydrogens is 595 g/mol. The molecule has 0 unspecified atom stereocenters. The molecule has 7 rings (SSSR count). The molecule has 240 valence electrons. The summed E-state index contributed by atoms with van der Waals surface area (Å²) in [5.41, 5.74) is 5.27. The number of benzene rings is 3. The molecule has 0 aliphatic carbocycles. The quantitative estimate of drug-likeness (QED) is 0.261. The smallest absolute Gasteiger partial charge is 0.236 e. The lowest BCUT2D eigenvalue weighted by atomic mass is 10.1. The fraction of sp³-hybridized carbons (Fsp3) is 0.306. The number of fused-ring (bicyclic) bond motifs is 1. The standard InChI is InChI=1S/C36H37FN8O2/c1-25(46)45(31-11-12-33-32(21-31)35(41-40-33)27-3-7-29(37)8-4-27)23-26-13-16-42(22-26)24-34(47)44-19-17-43(18-20-44)30-9-5-28(6-10-30)36-38-14-2-15-39-36/h2-12,14-15,21,26H,13,16-20,22-24H2,1H3,(H,40,41)/t26-/m1/s1. The molecule has 2 fully saturated rings. The first-order valence-corrected chi connectivity index (χ1v) is 16.1. The van der Waals surface area contributed by atoms with Crippen molar-refractivity contribution in [2.24, 2.45) is 5.92 Å². The second-order valence-electron chi connectivity index (χ2n) is 12.3. The first-order valence-electron chi connectivity index (χ1n) is 16.1. The molecule has 2 aromatic heterocycles. The molecule has 2 amide bonds. The summed E-state index contributed by atoms with van der Waals surface area (Å²) < 4.78 is 13.5. The Morgan fingerprint density at radius 1 is 0.915 bits per heavy atom. The fourth-order valence-corrected chi connectivity index (χ4v) is 6.65. The largest absolute Gasteiger partial charge is 0.368 e. The van der Waals surface area contributed by atoms with Gasteiger partial charge in [-0.1, -0.05) is 0 Å². The van der Waals surface area contributed by atoms with E-state index in [0.717, 1.165) is 66.0 Å². The van der Waals surface area contributed by atoms with Crippen LogP contribution in [0, 0.1) is 11.7 Å². The molecular formula is C36H37FN8O2. The molecule has 0 bridgehead atoms. The third-order valence-electron chi connectivity index (χ3n) is 9.21. The Morgan fingerprint density at radius 3 is 2.36 bits per heavy atom. The number of aromatic amines is 1. The predicted molar refractivity (Wildman–Crippen MR) is 180 cm³/mol. The maximum atomic E-state index is 13.5. The number of aromatic nitrogens is 4. The van der Waals surface area contributed by atoms with Gasteiger partial charge in [-0.3, -0.25) is 19.6 Å². The van der Waals surface area contributed by atoms with E-state index in [1.165, 1.54) is 12.1 Å². The van der Waals surface area contributed by atoms with E-state index in [-0.39, 0.29) is 23.5 Å². The first-order chi connectivity index (χ1) is 22.9. The number of carbonyl (C=O) groups is 2. The number of anilines is 2. The van der Waals surface area contributed by atoms with Gasteiger partial charge < -0.3 is 14.7 Å². The summed E-state index contributed by atoms with van der Waals surface area (Å²) in [7, 11) is 0. The lowest BCUT2D eigenvalue weighted by molar-refractivity contribution is -0.132. The molecule has 5 aromatic rings. The number of piperazine rings is 1. The monoisotopic (exact) mass is 632 g/mol. The number of hydrogen-bond donors (Lipinski definition) is 1. The van der Waals surface area contributed by atoms with Crippen LogP contribution in [-0.2, 0) is 9.59 Å². The van der Waals surface area contributed by atoms with Crippen LogP contribution >= 0.6 is 0 Å². The molecule has 4 heterocycles. The van der Waals surface area contributed by atoms with E-state index in [1.54, 1.807) is 37.5 Å². The maximum absolute atomic E-state index is 13.5. The molecule has 1 atom stereocenters. The summed E-state index contributed by atoms with van der Waals surface area (Å²) in [4.78, 5) is 43.1. The maximum Gasteiger partial charge on any atom is 0.236 e. The highest BCUT2D eigenvalue weighted by Gasteiger charge is 2.30. The minimum absolute atomic E-state index is 0.0355. The first kappa shape index (κ1) is 30.5. The minimum atomic E-state index is -0.301. The van der Waals surface area contributed by atoms with Gasteiger partial charge in [0.2, 0.25) is 11.8 Å². The number of carbonyl (C=O) groups excluding carboxylic acids is 2. The van der Waals surface area contributed by atoms with Crippen LogP contribution in [0.1, 0.15) is 13.3 Å². The van der Waals surface area contributed by atoms with Crippen LogP contribution in [0.2, 0.25) is 0 Å². The summed E-state index contributed by atoms with van der Waals surface area (Å²) in [5, 5.41) is 8.37. The molecule has 11 heteroatoms. The Balaban J connectivity index is 0.929. The number of halogens is 1. The fourth-order valence-electron chi connectivity index (χ4n) is 6.65. The summed E-state index contributed by atoms with van der Waals surface area (Å²) in [6, 6.07) is 22.1. The van der Waals surface area contributed by atoms with Crippen LogP contribution in [-0.4, -0.2) is 94.1 Å². The number of hydrogen-bond acceptors (Lipinski definition) is 7. The van der Waals surface area contributed by atoms with Gasteiger partial charge in [-0.25, -0.2) is 14.4 Å². The van der Waals surface area contributed by atoms with Crippen LogP contribution in [0.4, 0.5) is 15.8 Å². The van der Waals surface area contributed by atoms with E-state index in [1.807, 2.05) is 40.1 Å². The Morgan fingerprint density at radius 2 is 1.64 bits per heavy atom. The van der Waals surface area contributed by atoms with E-state index in [4.69, 9.17) is 0 Å². The van der Waals surface area contributed by atoms with Crippen molar-refractivity contribution >= 4 is 34.1 Å². The predicted octanol–water partition coefficient (Wildman–Crippen LogP) is 4.85. The van der Waals surface area contributed by atoms with Crippen molar-refractivity contribution in [1.29, 1.82) is 0 Å². The van der Waals surface area contributed by atoms with E-state index in [9.17, 15) is 14.0 Å². The highest BCUT2D eigenvalue weighted by atomic mass is 19.1.